The maximum absolute atomic E-state index is 13.8. The number of sulfonamides is 1. The Morgan fingerprint density at radius 2 is 1.25 bits per heavy atom. The molecule has 7 rings (SSSR count). The van der Waals surface area contributed by atoms with Crippen molar-refractivity contribution < 1.29 is 26.5 Å². The molecule has 5 aromatic carbocycles. The maximum atomic E-state index is 13.8. The molecule has 0 saturated carbocycles. The number of amides is 1. The maximum Gasteiger partial charge on any atom is 0.269 e. The molecule has 10 nitrogen and oxygen atoms in total. The molecule has 3 atom stereocenters. The van der Waals surface area contributed by atoms with Gasteiger partial charge in [-0.25, -0.2) is 0 Å². The number of aromatic nitrogens is 2. The second-order valence-corrected chi connectivity index (χ2v) is 14.9. The number of fused-ring (bicyclic) bond motifs is 2. The number of rotatable bonds is 11. The lowest BCUT2D eigenvalue weighted by Gasteiger charge is -2.23. The Morgan fingerprint density at radius 1 is 0.667 bits per heavy atom. The number of benzene rings is 5. The molecule has 254 valence electrons. The minimum absolute atomic E-state index is 0.00126. The Bertz CT molecular complexity index is 2430. The third-order valence-corrected chi connectivity index (χ3v) is 11.1. The van der Waals surface area contributed by atoms with Gasteiger partial charge in [-0.2, -0.15) is 0 Å². The lowest BCUT2D eigenvalue weighted by atomic mass is 10.0. The van der Waals surface area contributed by atoms with E-state index in [1.807, 2.05) is 42.5 Å². The molecule has 2 aromatic heterocycles. The van der Waals surface area contributed by atoms with Crippen molar-refractivity contribution in [2.75, 3.05) is 5.32 Å². The summed E-state index contributed by atoms with van der Waals surface area (Å²) in [5, 5.41) is 5.06. The van der Waals surface area contributed by atoms with Crippen molar-refractivity contribution in [3.8, 4) is 16.9 Å². The predicted octanol–water partition coefficient (Wildman–Crippen LogP) is 7.18. The van der Waals surface area contributed by atoms with Crippen LogP contribution in [0.5, 0.6) is 5.75 Å². The first-order valence-electron chi connectivity index (χ1n) is 15.8. The van der Waals surface area contributed by atoms with Gasteiger partial charge in [-0.05, 0) is 65.2 Å². The van der Waals surface area contributed by atoms with E-state index in [2.05, 4.69) is 20.0 Å². The standard InChI is InChI=1S/C39H30N4O6S2/c44-39(42-32-16-14-29(15-17-32)28-6-2-1-3-7-28)36(43-50(45,46)37-10-4-8-30-25-40-22-20-34(30)37)24-27-12-18-33(19-13-27)49-51(47,48)38-11-5-9-31-26-41-23-21-35(31)38/h1-23,25-26,36H,24H2,(H2-2,42,43,44,45,46,47,48)/t36-/m0/s1. The number of pyridine rings is 2. The second kappa shape index (κ2) is 14.3. The van der Waals surface area contributed by atoms with Gasteiger partial charge in [0.1, 0.15) is 6.04 Å². The molecule has 0 saturated heterocycles. The summed E-state index contributed by atoms with van der Waals surface area (Å²) in [4.78, 5) is 21.9. The molecule has 2 N–H and O–H groups in total. The summed E-state index contributed by atoms with van der Waals surface area (Å²) in [6.45, 7) is 0. The van der Waals surface area contributed by atoms with Gasteiger partial charge >= 0.3 is 0 Å². The van der Waals surface area contributed by atoms with Crippen LogP contribution in [0.25, 0.3) is 32.7 Å². The van der Waals surface area contributed by atoms with Crippen LogP contribution in [0.1, 0.15) is 5.56 Å². The first kappa shape index (κ1) is 33.8. The molecule has 2 heterocycles. The Balaban J connectivity index is 1.14. The van der Waals surface area contributed by atoms with Crippen molar-refractivity contribution in [3.05, 3.63) is 158 Å². The average molecular weight is 715 g/mol. The third kappa shape index (κ3) is 7.60. The van der Waals surface area contributed by atoms with Crippen molar-refractivity contribution in [3.63, 3.8) is 0 Å². The van der Waals surface area contributed by atoms with Crippen molar-refractivity contribution in [2.45, 2.75) is 22.3 Å². The van der Waals surface area contributed by atoms with Gasteiger partial charge in [-0.15, -0.1) is 4.72 Å². The molecule has 0 aliphatic carbocycles. The van der Waals surface area contributed by atoms with Crippen LogP contribution < -0.4 is 14.2 Å². The molecule has 0 spiro atoms. The highest BCUT2D eigenvalue weighted by molar-refractivity contribution is 7.96. The van der Waals surface area contributed by atoms with Gasteiger partial charge in [0.25, 0.3) is 10.5 Å². The van der Waals surface area contributed by atoms with Crippen LogP contribution in [0.15, 0.2) is 162 Å². The fraction of sp³-hybridized carbons (Fsp3) is 0.0513. The highest BCUT2D eigenvalue weighted by Gasteiger charge is 2.32. The van der Waals surface area contributed by atoms with Crippen LogP contribution in [0.2, 0.25) is 0 Å². The highest BCUT2D eigenvalue weighted by Crippen LogP contribution is 2.30. The molecule has 7 aromatic rings. The van der Waals surface area contributed by atoms with Crippen molar-refractivity contribution in [2.24, 2.45) is 0 Å². The van der Waals surface area contributed by atoms with Crippen LogP contribution in [0.3, 0.4) is 0 Å². The molecule has 0 fully saturated rings. The molecule has 0 aliphatic heterocycles. The van der Waals surface area contributed by atoms with E-state index in [-0.39, 0.29) is 22.0 Å². The summed E-state index contributed by atoms with van der Waals surface area (Å²) in [7, 11) is -8.42. The minimum atomic E-state index is -4.21. The van der Waals surface area contributed by atoms with E-state index in [9.17, 15) is 22.3 Å². The molecular formula is C39H30N4O6S2. The van der Waals surface area contributed by atoms with E-state index >= 15 is 0 Å². The van der Waals surface area contributed by atoms with Gasteiger partial charge in [0.05, 0.1) is 0 Å². The van der Waals surface area contributed by atoms with E-state index in [0.717, 1.165) is 11.1 Å². The highest BCUT2D eigenvalue weighted by atomic mass is 32.3. The fourth-order valence-corrected chi connectivity index (χ4v) is 8.35. The van der Waals surface area contributed by atoms with Crippen LogP contribution in [-0.2, 0) is 40.5 Å². The number of carbonyl (C=O) groups excluding carboxylic acids is 1. The summed E-state index contributed by atoms with van der Waals surface area (Å²) in [6, 6.07) is 34.8. The van der Waals surface area contributed by atoms with Crippen molar-refractivity contribution >= 4 is 54.0 Å². The Kier molecular flexibility index (Phi) is 9.50. The molecule has 2 unspecified atom stereocenters. The zero-order valence-electron chi connectivity index (χ0n) is 26.9. The topological polar surface area (TPSA) is 156 Å². The van der Waals surface area contributed by atoms with Crippen molar-refractivity contribution in [1.82, 2.24) is 14.7 Å². The number of nitrogens with zero attached hydrogens (tertiary/aromatic N) is 2. The molecule has 1 amide bonds. The molecule has 0 aliphatic rings. The average Bonchev–Trinajstić information content (AvgIpc) is 3.15. The number of carbonyl (C=O) groups is 1. The zero-order chi connectivity index (χ0) is 35.4. The van der Waals surface area contributed by atoms with Gasteiger partial charge in [0.15, 0.2) is 21.0 Å². The minimum Gasteiger partial charge on any atom is -0.593 e. The SMILES string of the molecule is O=C(Nc1ccc(-c2ccccc2)cc1)[C@H](Cc1ccc(O[S+](=O)([O-])c2cccc3cnccc23)cc1)N[S+](=O)([O-])c1cccc2cnccc12. The van der Waals surface area contributed by atoms with E-state index in [1.54, 1.807) is 73.1 Å². The fourth-order valence-electron chi connectivity index (χ4n) is 5.77. The Morgan fingerprint density at radius 3 is 1.90 bits per heavy atom. The lowest BCUT2D eigenvalue weighted by molar-refractivity contribution is -0.117. The first-order valence-corrected chi connectivity index (χ1v) is 18.7. The summed E-state index contributed by atoms with van der Waals surface area (Å²) in [5.74, 6) is -0.532. The zero-order valence-corrected chi connectivity index (χ0v) is 28.5. The summed E-state index contributed by atoms with van der Waals surface area (Å²) in [5.41, 5.74) is 3.01. The van der Waals surface area contributed by atoms with Crippen molar-refractivity contribution in [1.29, 1.82) is 0 Å². The number of hydrogen-bond acceptors (Lipinski definition) is 8. The molecule has 51 heavy (non-hydrogen) atoms. The van der Waals surface area contributed by atoms with Gasteiger partial charge in [-0.3, -0.25) is 18.9 Å². The van der Waals surface area contributed by atoms with Crippen LogP contribution in [0.4, 0.5) is 5.69 Å². The monoisotopic (exact) mass is 714 g/mol. The van der Waals surface area contributed by atoms with Gasteiger partial charge in [-0.1, -0.05) is 87.3 Å². The van der Waals surface area contributed by atoms with E-state index in [4.69, 9.17) is 4.18 Å². The summed E-state index contributed by atoms with van der Waals surface area (Å²) >= 11 is 0. The Hall–Kier alpha value is -5.63. The molecular weight excluding hydrogens is 685 g/mol. The number of anilines is 1. The first-order chi connectivity index (χ1) is 24.7. The largest absolute Gasteiger partial charge is 0.593 e. The normalized spacial score (nSPS) is 14.3. The van der Waals surface area contributed by atoms with Crippen LogP contribution in [-0.4, -0.2) is 31.0 Å². The third-order valence-electron chi connectivity index (χ3n) is 8.28. The summed E-state index contributed by atoms with van der Waals surface area (Å²) < 4.78 is 62.3. The van der Waals surface area contributed by atoms with Gasteiger partial charge in [0, 0.05) is 58.4 Å². The van der Waals surface area contributed by atoms with E-state index in [1.165, 1.54) is 36.7 Å². The summed E-state index contributed by atoms with van der Waals surface area (Å²) in [6.07, 6.45) is 6.10. The lowest BCUT2D eigenvalue weighted by Crippen LogP contribution is -2.47. The molecule has 0 radical (unpaired) electrons. The molecule has 0 bridgehead atoms. The quantitative estimate of drug-likeness (QED) is 0.134. The van der Waals surface area contributed by atoms with E-state index in [0.29, 0.717) is 32.8 Å². The van der Waals surface area contributed by atoms with Crippen LogP contribution >= 0.6 is 0 Å². The number of hydrogen-bond donors (Lipinski definition) is 2. The van der Waals surface area contributed by atoms with Crippen LogP contribution in [0, 0.1) is 0 Å². The molecule has 12 heteroatoms. The Labute approximate surface area is 296 Å². The van der Waals surface area contributed by atoms with Gasteiger partial charge < -0.3 is 14.4 Å². The smallest absolute Gasteiger partial charge is 0.269 e. The van der Waals surface area contributed by atoms with Gasteiger partial charge in [0.2, 0.25) is 10.8 Å². The predicted molar refractivity (Wildman–Crippen MR) is 196 cm³/mol. The second-order valence-electron chi connectivity index (χ2n) is 11.7. The number of nitrogens with one attached hydrogen (secondary N) is 2. The van der Waals surface area contributed by atoms with E-state index < -0.39 is 32.8 Å².